The van der Waals surface area contributed by atoms with Crippen LogP contribution in [0.25, 0.3) is 10.9 Å². The van der Waals surface area contributed by atoms with Crippen LogP contribution in [0.3, 0.4) is 0 Å². The van der Waals surface area contributed by atoms with Gasteiger partial charge in [0.1, 0.15) is 0 Å². The van der Waals surface area contributed by atoms with Crippen LogP contribution in [-0.4, -0.2) is 53.1 Å². The Kier molecular flexibility index (Phi) is 5.29. The van der Waals surface area contributed by atoms with Gasteiger partial charge in [0, 0.05) is 48.5 Å². The number of piperazine rings is 1. The van der Waals surface area contributed by atoms with Gasteiger partial charge in [-0.15, -0.1) is 0 Å². The number of nitrogens with zero attached hydrogens (tertiary/aromatic N) is 3. The molecule has 0 aliphatic carbocycles. The largest absolute Gasteiger partial charge is 0.368 e. The standard InChI is InChI=1S/C25H23N5O2/c31-24(23-21-8-4-5-9-22(21)27-28-23)26-19-12-10-18(11-13-19)25(32)30-16-14-29(15-17-30)20-6-2-1-3-7-20/h1-13H,14-17H2,(H,26,31)(H,27,28). The first kappa shape index (κ1) is 19.8. The highest BCUT2D eigenvalue weighted by atomic mass is 16.2. The Morgan fingerprint density at radius 2 is 1.50 bits per heavy atom. The van der Waals surface area contributed by atoms with Crippen LogP contribution >= 0.6 is 0 Å². The van der Waals surface area contributed by atoms with E-state index in [2.05, 4.69) is 32.5 Å². The van der Waals surface area contributed by atoms with Crippen LogP contribution in [-0.2, 0) is 0 Å². The number of carbonyl (C=O) groups excluding carboxylic acids is 2. The van der Waals surface area contributed by atoms with Crippen molar-refractivity contribution < 1.29 is 9.59 Å². The van der Waals surface area contributed by atoms with Gasteiger partial charge in [-0.1, -0.05) is 36.4 Å². The first-order valence-electron chi connectivity index (χ1n) is 10.6. The van der Waals surface area contributed by atoms with Gasteiger partial charge in [0.25, 0.3) is 11.8 Å². The van der Waals surface area contributed by atoms with Gasteiger partial charge < -0.3 is 15.1 Å². The number of para-hydroxylation sites is 2. The normalized spacial score (nSPS) is 13.9. The minimum absolute atomic E-state index is 0.00823. The predicted octanol–water partition coefficient (Wildman–Crippen LogP) is 3.78. The summed E-state index contributed by atoms with van der Waals surface area (Å²) in [4.78, 5) is 29.7. The molecule has 4 aromatic rings. The second kappa shape index (κ2) is 8.55. The molecule has 1 fully saturated rings. The van der Waals surface area contributed by atoms with Gasteiger partial charge in [0.2, 0.25) is 0 Å². The maximum absolute atomic E-state index is 12.9. The van der Waals surface area contributed by atoms with Gasteiger partial charge in [-0.2, -0.15) is 5.10 Å². The number of rotatable bonds is 4. The van der Waals surface area contributed by atoms with Crippen molar-refractivity contribution in [3.63, 3.8) is 0 Å². The van der Waals surface area contributed by atoms with E-state index < -0.39 is 0 Å². The SMILES string of the molecule is O=C(Nc1ccc(C(=O)N2CCN(c3ccccc3)CC2)cc1)c1n[nH]c2ccccc12. The van der Waals surface area contributed by atoms with Crippen LogP contribution < -0.4 is 10.2 Å². The highest BCUT2D eigenvalue weighted by Gasteiger charge is 2.22. The third-order valence-corrected chi connectivity index (χ3v) is 5.76. The number of carbonyl (C=O) groups is 2. The van der Waals surface area contributed by atoms with Crippen molar-refractivity contribution >= 4 is 34.1 Å². The molecule has 0 unspecified atom stereocenters. The molecule has 0 spiro atoms. The molecule has 2 N–H and O–H groups in total. The highest BCUT2D eigenvalue weighted by Crippen LogP contribution is 2.19. The van der Waals surface area contributed by atoms with Gasteiger partial charge in [-0.25, -0.2) is 0 Å². The summed E-state index contributed by atoms with van der Waals surface area (Å²) in [5.74, 6) is -0.285. The van der Waals surface area contributed by atoms with Crippen LogP contribution in [0, 0.1) is 0 Å². The molecule has 7 nitrogen and oxygen atoms in total. The molecule has 160 valence electrons. The fourth-order valence-electron chi connectivity index (χ4n) is 4.01. The predicted molar refractivity (Wildman–Crippen MR) is 125 cm³/mol. The number of nitrogens with one attached hydrogen (secondary N) is 2. The van der Waals surface area contributed by atoms with E-state index in [9.17, 15) is 9.59 Å². The summed E-state index contributed by atoms with van der Waals surface area (Å²) in [6.07, 6.45) is 0. The Bertz CT molecular complexity index is 1240. The first-order chi connectivity index (χ1) is 15.7. The molecule has 2 amide bonds. The zero-order chi connectivity index (χ0) is 21.9. The van der Waals surface area contributed by atoms with Crippen molar-refractivity contribution in [3.8, 4) is 0 Å². The van der Waals surface area contributed by atoms with E-state index in [0.29, 0.717) is 30.0 Å². The number of aromatic nitrogens is 2. The second-order valence-corrected chi connectivity index (χ2v) is 7.76. The van der Waals surface area contributed by atoms with Crippen LogP contribution in [0.1, 0.15) is 20.8 Å². The number of amides is 2. The van der Waals surface area contributed by atoms with Gasteiger partial charge >= 0.3 is 0 Å². The lowest BCUT2D eigenvalue weighted by atomic mass is 10.1. The average molecular weight is 425 g/mol. The Morgan fingerprint density at radius 3 is 2.25 bits per heavy atom. The number of aromatic amines is 1. The van der Waals surface area contributed by atoms with E-state index in [-0.39, 0.29) is 11.8 Å². The van der Waals surface area contributed by atoms with Crippen molar-refractivity contribution in [1.29, 1.82) is 0 Å². The van der Waals surface area contributed by atoms with E-state index in [1.54, 1.807) is 24.3 Å². The maximum atomic E-state index is 12.9. The van der Waals surface area contributed by atoms with Crippen LogP contribution in [0.4, 0.5) is 11.4 Å². The molecule has 7 heteroatoms. The summed E-state index contributed by atoms with van der Waals surface area (Å²) in [6.45, 7) is 2.97. The van der Waals surface area contributed by atoms with Crippen molar-refractivity contribution in [1.82, 2.24) is 15.1 Å². The van der Waals surface area contributed by atoms with E-state index in [0.717, 1.165) is 24.0 Å². The lowest BCUT2D eigenvalue weighted by Gasteiger charge is -2.36. The summed E-state index contributed by atoms with van der Waals surface area (Å²) in [5.41, 5.74) is 3.57. The Morgan fingerprint density at radius 1 is 0.812 bits per heavy atom. The molecule has 1 aromatic heterocycles. The fraction of sp³-hybridized carbons (Fsp3) is 0.160. The monoisotopic (exact) mass is 425 g/mol. The molecule has 0 saturated carbocycles. The van der Waals surface area contributed by atoms with Crippen molar-refractivity contribution in [2.75, 3.05) is 36.4 Å². The van der Waals surface area contributed by atoms with Crippen LogP contribution in [0.5, 0.6) is 0 Å². The zero-order valence-corrected chi connectivity index (χ0v) is 17.5. The minimum Gasteiger partial charge on any atom is -0.368 e. The summed E-state index contributed by atoms with van der Waals surface area (Å²) in [7, 11) is 0. The van der Waals surface area contributed by atoms with Crippen molar-refractivity contribution in [2.24, 2.45) is 0 Å². The quantitative estimate of drug-likeness (QED) is 0.521. The minimum atomic E-state index is -0.293. The third-order valence-electron chi connectivity index (χ3n) is 5.76. The molecule has 0 radical (unpaired) electrons. The maximum Gasteiger partial charge on any atom is 0.276 e. The topological polar surface area (TPSA) is 81.3 Å². The molecule has 2 heterocycles. The lowest BCUT2D eigenvalue weighted by molar-refractivity contribution is 0.0746. The second-order valence-electron chi connectivity index (χ2n) is 7.76. The smallest absolute Gasteiger partial charge is 0.276 e. The lowest BCUT2D eigenvalue weighted by Crippen LogP contribution is -2.48. The Balaban J connectivity index is 1.21. The van der Waals surface area contributed by atoms with E-state index in [4.69, 9.17) is 0 Å². The fourth-order valence-corrected chi connectivity index (χ4v) is 4.01. The molecule has 1 aliphatic rings. The molecule has 1 saturated heterocycles. The van der Waals surface area contributed by atoms with E-state index in [1.165, 1.54) is 5.69 Å². The molecule has 0 bridgehead atoms. The molecular formula is C25H23N5O2. The first-order valence-corrected chi connectivity index (χ1v) is 10.6. The van der Waals surface area contributed by atoms with Crippen molar-refractivity contribution in [2.45, 2.75) is 0 Å². The number of hydrogen-bond acceptors (Lipinski definition) is 4. The summed E-state index contributed by atoms with van der Waals surface area (Å²) in [5, 5.41) is 10.6. The summed E-state index contributed by atoms with van der Waals surface area (Å²) in [6, 6.07) is 24.7. The summed E-state index contributed by atoms with van der Waals surface area (Å²) < 4.78 is 0. The molecule has 5 rings (SSSR count). The molecule has 32 heavy (non-hydrogen) atoms. The van der Waals surface area contributed by atoms with Crippen LogP contribution in [0.15, 0.2) is 78.9 Å². The molecular weight excluding hydrogens is 402 g/mol. The Hall–Kier alpha value is -4.13. The van der Waals surface area contributed by atoms with E-state index >= 15 is 0 Å². The molecule has 0 atom stereocenters. The van der Waals surface area contributed by atoms with E-state index in [1.807, 2.05) is 47.4 Å². The number of benzene rings is 3. The summed E-state index contributed by atoms with van der Waals surface area (Å²) >= 11 is 0. The van der Waals surface area contributed by atoms with Gasteiger partial charge in [0.15, 0.2) is 5.69 Å². The zero-order valence-electron chi connectivity index (χ0n) is 17.5. The highest BCUT2D eigenvalue weighted by molar-refractivity contribution is 6.11. The van der Waals surface area contributed by atoms with Gasteiger partial charge in [-0.3, -0.25) is 14.7 Å². The number of hydrogen-bond donors (Lipinski definition) is 2. The third kappa shape index (κ3) is 3.92. The number of fused-ring (bicyclic) bond motifs is 1. The Labute approximate surface area is 185 Å². The van der Waals surface area contributed by atoms with Gasteiger partial charge in [0.05, 0.1) is 5.52 Å². The van der Waals surface area contributed by atoms with Crippen LogP contribution in [0.2, 0.25) is 0 Å². The molecule has 3 aromatic carbocycles. The van der Waals surface area contributed by atoms with Gasteiger partial charge in [-0.05, 0) is 42.5 Å². The number of anilines is 2. The average Bonchev–Trinajstić information content (AvgIpc) is 3.29. The van der Waals surface area contributed by atoms with Crippen molar-refractivity contribution in [3.05, 3.63) is 90.1 Å². The number of H-pyrrole nitrogens is 1. The molecule has 1 aliphatic heterocycles.